The topological polar surface area (TPSA) is 46.5 Å². The van der Waals surface area contributed by atoms with Gasteiger partial charge in [-0.3, -0.25) is 0 Å². The van der Waals surface area contributed by atoms with Crippen molar-refractivity contribution < 1.29 is 19.0 Å². The number of benzene rings is 1. The van der Waals surface area contributed by atoms with Crippen molar-refractivity contribution in [1.29, 1.82) is 0 Å². The number of halogens is 1. The molecule has 0 heterocycles. The van der Waals surface area contributed by atoms with Crippen LogP contribution in [0.25, 0.3) is 0 Å². The maximum Gasteiger partial charge on any atom is 0.339 e. The maximum atomic E-state index is 13.0. The van der Waals surface area contributed by atoms with Crippen LogP contribution < -0.4 is 4.74 Å². The summed E-state index contributed by atoms with van der Waals surface area (Å²) < 4.78 is 18.4. The standard InChI is InChI=1S/C16H23FO3/c1-2-3-4-5-6-7-8-11-20-15-10-9-13(17)12-14(15)16(18)19/h9-10,12H,2-8,11H2,1H3,(H,18,19). The number of hydrogen-bond acceptors (Lipinski definition) is 2. The van der Waals surface area contributed by atoms with Gasteiger partial charge in [-0.25, -0.2) is 9.18 Å². The summed E-state index contributed by atoms with van der Waals surface area (Å²) in [6.45, 7) is 2.66. The summed E-state index contributed by atoms with van der Waals surface area (Å²) in [4.78, 5) is 11.0. The molecular weight excluding hydrogens is 259 g/mol. The van der Waals surface area contributed by atoms with E-state index >= 15 is 0 Å². The zero-order valence-corrected chi connectivity index (χ0v) is 12.0. The van der Waals surface area contributed by atoms with Crippen molar-refractivity contribution in [1.82, 2.24) is 0 Å². The van der Waals surface area contributed by atoms with Crippen LogP contribution in [0.2, 0.25) is 0 Å². The van der Waals surface area contributed by atoms with Gasteiger partial charge >= 0.3 is 5.97 Å². The van der Waals surface area contributed by atoms with Crippen LogP contribution in [0.1, 0.15) is 62.2 Å². The first-order valence-electron chi connectivity index (χ1n) is 7.30. The van der Waals surface area contributed by atoms with E-state index in [4.69, 9.17) is 9.84 Å². The minimum Gasteiger partial charge on any atom is -0.493 e. The van der Waals surface area contributed by atoms with E-state index in [-0.39, 0.29) is 11.3 Å². The largest absolute Gasteiger partial charge is 0.493 e. The third-order valence-electron chi connectivity index (χ3n) is 3.18. The van der Waals surface area contributed by atoms with E-state index in [9.17, 15) is 9.18 Å². The Morgan fingerprint density at radius 2 is 1.80 bits per heavy atom. The van der Waals surface area contributed by atoms with Gasteiger partial charge in [-0.1, -0.05) is 45.4 Å². The van der Waals surface area contributed by atoms with Gasteiger partial charge in [0.1, 0.15) is 17.1 Å². The van der Waals surface area contributed by atoms with Crippen LogP contribution in [-0.2, 0) is 0 Å². The average Bonchev–Trinajstić information content (AvgIpc) is 2.43. The highest BCUT2D eigenvalue weighted by Crippen LogP contribution is 2.20. The van der Waals surface area contributed by atoms with Crippen LogP contribution in [0.15, 0.2) is 18.2 Å². The number of ether oxygens (including phenoxy) is 1. The Balaban J connectivity index is 2.27. The molecule has 1 aromatic carbocycles. The number of carboxylic acids is 1. The second-order valence-corrected chi connectivity index (χ2v) is 4.92. The van der Waals surface area contributed by atoms with Gasteiger partial charge in [0.2, 0.25) is 0 Å². The van der Waals surface area contributed by atoms with Gasteiger partial charge in [-0.2, -0.15) is 0 Å². The molecule has 20 heavy (non-hydrogen) atoms. The predicted octanol–water partition coefficient (Wildman–Crippen LogP) is 4.65. The summed E-state index contributed by atoms with van der Waals surface area (Å²) >= 11 is 0. The average molecular weight is 282 g/mol. The molecule has 4 heteroatoms. The van der Waals surface area contributed by atoms with E-state index < -0.39 is 11.8 Å². The van der Waals surface area contributed by atoms with Gasteiger partial charge in [0.05, 0.1) is 6.61 Å². The summed E-state index contributed by atoms with van der Waals surface area (Å²) in [6, 6.07) is 3.58. The smallest absolute Gasteiger partial charge is 0.339 e. The molecule has 0 atom stereocenters. The molecule has 0 saturated carbocycles. The Morgan fingerprint density at radius 1 is 1.15 bits per heavy atom. The highest BCUT2D eigenvalue weighted by atomic mass is 19.1. The molecule has 0 unspecified atom stereocenters. The van der Waals surface area contributed by atoms with Crippen molar-refractivity contribution in [3.63, 3.8) is 0 Å². The second-order valence-electron chi connectivity index (χ2n) is 4.92. The minimum absolute atomic E-state index is 0.118. The highest BCUT2D eigenvalue weighted by Gasteiger charge is 2.12. The van der Waals surface area contributed by atoms with E-state index in [2.05, 4.69) is 6.92 Å². The second kappa shape index (κ2) is 9.34. The fourth-order valence-corrected chi connectivity index (χ4v) is 2.04. The number of unbranched alkanes of at least 4 members (excludes halogenated alkanes) is 6. The summed E-state index contributed by atoms with van der Waals surface area (Å²) in [7, 11) is 0. The summed E-state index contributed by atoms with van der Waals surface area (Å²) in [5.41, 5.74) is -0.118. The van der Waals surface area contributed by atoms with Crippen molar-refractivity contribution in [2.24, 2.45) is 0 Å². The number of rotatable bonds is 10. The van der Waals surface area contributed by atoms with Gasteiger partial charge in [0, 0.05) is 0 Å². The number of carboxylic acid groups (broad SMARTS) is 1. The van der Waals surface area contributed by atoms with Crippen molar-refractivity contribution in [2.45, 2.75) is 51.9 Å². The van der Waals surface area contributed by atoms with Crippen LogP contribution in [0.5, 0.6) is 5.75 Å². The zero-order valence-electron chi connectivity index (χ0n) is 12.0. The van der Waals surface area contributed by atoms with Crippen LogP contribution >= 0.6 is 0 Å². The lowest BCUT2D eigenvalue weighted by atomic mass is 10.1. The van der Waals surface area contributed by atoms with Crippen LogP contribution in [0.4, 0.5) is 4.39 Å². The van der Waals surface area contributed by atoms with Gasteiger partial charge in [-0.05, 0) is 24.6 Å². The first kappa shape index (κ1) is 16.5. The fraction of sp³-hybridized carbons (Fsp3) is 0.562. The Morgan fingerprint density at radius 3 is 2.45 bits per heavy atom. The molecule has 0 aromatic heterocycles. The van der Waals surface area contributed by atoms with E-state index in [1.165, 1.54) is 44.2 Å². The molecule has 0 amide bonds. The molecule has 0 radical (unpaired) electrons. The van der Waals surface area contributed by atoms with Crippen LogP contribution in [0.3, 0.4) is 0 Å². The number of hydrogen-bond donors (Lipinski definition) is 1. The molecular formula is C16H23FO3. The van der Waals surface area contributed by atoms with Gasteiger partial charge in [0.25, 0.3) is 0 Å². The van der Waals surface area contributed by atoms with Crippen molar-refractivity contribution in [3.8, 4) is 5.75 Å². The summed E-state index contributed by atoms with van der Waals surface area (Å²) in [5, 5.41) is 8.97. The molecule has 3 nitrogen and oxygen atoms in total. The van der Waals surface area contributed by atoms with Gasteiger partial charge in [0.15, 0.2) is 0 Å². The van der Waals surface area contributed by atoms with Crippen LogP contribution in [-0.4, -0.2) is 17.7 Å². The molecule has 0 aliphatic heterocycles. The zero-order chi connectivity index (χ0) is 14.8. The monoisotopic (exact) mass is 282 g/mol. The normalized spacial score (nSPS) is 10.5. The highest BCUT2D eigenvalue weighted by molar-refractivity contribution is 5.90. The lowest BCUT2D eigenvalue weighted by Gasteiger charge is -2.09. The lowest BCUT2D eigenvalue weighted by Crippen LogP contribution is -2.05. The van der Waals surface area contributed by atoms with E-state index in [1.54, 1.807) is 0 Å². The molecule has 112 valence electrons. The third-order valence-corrected chi connectivity index (χ3v) is 3.18. The molecule has 0 saturated heterocycles. The van der Waals surface area contributed by atoms with Crippen molar-refractivity contribution in [3.05, 3.63) is 29.6 Å². The first-order chi connectivity index (χ1) is 9.65. The van der Waals surface area contributed by atoms with Crippen LogP contribution in [0, 0.1) is 5.82 Å². The Kier molecular flexibility index (Phi) is 7.70. The molecule has 0 aliphatic rings. The molecule has 0 aliphatic carbocycles. The summed E-state index contributed by atoms with van der Waals surface area (Å²) in [6.07, 6.45) is 8.19. The van der Waals surface area contributed by atoms with Crippen molar-refractivity contribution in [2.75, 3.05) is 6.61 Å². The molecule has 0 bridgehead atoms. The quantitative estimate of drug-likeness (QED) is 0.635. The molecule has 1 N–H and O–H groups in total. The molecule has 0 fully saturated rings. The van der Waals surface area contributed by atoms with Gasteiger partial charge in [-0.15, -0.1) is 0 Å². The Labute approximate surface area is 119 Å². The molecule has 0 spiro atoms. The van der Waals surface area contributed by atoms with E-state index in [0.717, 1.165) is 18.9 Å². The Bertz CT molecular complexity index is 418. The van der Waals surface area contributed by atoms with Gasteiger partial charge < -0.3 is 9.84 Å². The van der Waals surface area contributed by atoms with E-state index in [0.29, 0.717) is 6.61 Å². The maximum absolute atomic E-state index is 13.0. The predicted molar refractivity (Wildman–Crippen MR) is 76.8 cm³/mol. The summed E-state index contributed by atoms with van der Waals surface area (Å²) in [5.74, 6) is -1.49. The van der Waals surface area contributed by atoms with E-state index in [1.807, 2.05) is 0 Å². The molecule has 1 rings (SSSR count). The fourth-order valence-electron chi connectivity index (χ4n) is 2.04. The lowest BCUT2D eigenvalue weighted by molar-refractivity contribution is 0.0691. The SMILES string of the molecule is CCCCCCCCCOc1ccc(F)cc1C(=O)O. The number of aromatic carboxylic acids is 1. The number of carbonyl (C=O) groups is 1. The van der Waals surface area contributed by atoms with Crippen molar-refractivity contribution >= 4 is 5.97 Å². The minimum atomic E-state index is -1.17. The molecule has 1 aromatic rings. The Hall–Kier alpha value is -1.58. The third kappa shape index (κ3) is 6.04. The first-order valence-corrected chi connectivity index (χ1v) is 7.30.